The monoisotopic (exact) mass is 209 g/mol. The van der Waals surface area contributed by atoms with Crippen LogP contribution in [0.2, 0.25) is 0 Å². The Bertz CT molecular complexity index is 262. The zero-order valence-corrected chi connectivity index (χ0v) is 9.24. The fourth-order valence-corrected chi connectivity index (χ4v) is 2.61. The second-order valence-electron chi connectivity index (χ2n) is 4.40. The van der Waals surface area contributed by atoms with E-state index in [1.807, 2.05) is 6.92 Å². The number of carbonyl (C=O) groups is 1. The van der Waals surface area contributed by atoms with E-state index in [9.17, 15) is 4.79 Å². The third-order valence-corrected chi connectivity index (χ3v) is 3.29. The highest BCUT2D eigenvalue weighted by Crippen LogP contribution is 2.30. The molecular weight excluding hydrogens is 190 g/mol. The van der Waals surface area contributed by atoms with E-state index in [0.717, 1.165) is 12.3 Å². The lowest BCUT2D eigenvalue weighted by molar-refractivity contribution is -0.143. The number of esters is 1. The van der Waals surface area contributed by atoms with Crippen LogP contribution in [0.1, 0.15) is 32.6 Å². The van der Waals surface area contributed by atoms with Gasteiger partial charge in [0.2, 0.25) is 0 Å². The molecule has 0 spiro atoms. The Morgan fingerprint density at radius 2 is 2.47 bits per heavy atom. The van der Waals surface area contributed by atoms with Crippen molar-refractivity contribution < 1.29 is 9.53 Å². The summed E-state index contributed by atoms with van der Waals surface area (Å²) in [7, 11) is 0. The van der Waals surface area contributed by atoms with E-state index in [1.54, 1.807) is 0 Å². The van der Waals surface area contributed by atoms with Crippen LogP contribution >= 0.6 is 0 Å². The van der Waals surface area contributed by atoms with Gasteiger partial charge < -0.3 is 10.1 Å². The van der Waals surface area contributed by atoms with Gasteiger partial charge in [-0.3, -0.25) is 4.79 Å². The van der Waals surface area contributed by atoms with Crippen molar-refractivity contribution in [3.8, 4) is 0 Å². The Balaban J connectivity index is 1.82. The van der Waals surface area contributed by atoms with Crippen LogP contribution in [0, 0.1) is 5.92 Å². The molecule has 0 aromatic heterocycles. The van der Waals surface area contributed by atoms with E-state index in [-0.39, 0.29) is 5.97 Å². The van der Waals surface area contributed by atoms with Crippen LogP contribution in [0.3, 0.4) is 0 Å². The number of nitrogens with one attached hydrogen (secondary N) is 1. The molecule has 0 saturated carbocycles. The molecule has 3 heteroatoms. The Hall–Kier alpha value is -0.830. The molecule has 0 radical (unpaired) electrons. The molecule has 2 aliphatic rings. The normalized spacial score (nSPS) is 33.8. The summed E-state index contributed by atoms with van der Waals surface area (Å²) in [6.45, 7) is 2.33. The van der Waals surface area contributed by atoms with E-state index in [1.165, 1.54) is 12.8 Å². The van der Waals surface area contributed by atoms with Gasteiger partial charge in [0.05, 0.1) is 13.0 Å². The minimum absolute atomic E-state index is 0.0716. The minimum atomic E-state index is -0.0716. The first-order valence-electron chi connectivity index (χ1n) is 5.88. The number of fused-ring (bicyclic) bond motifs is 1. The molecule has 1 heterocycles. The van der Waals surface area contributed by atoms with E-state index in [2.05, 4.69) is 17.5 Å². The fourth-order valence-electron chi connectivity index (χ4n) is 2.61. The van der Waals surface area contributed by atoms with Crippen LogP contribution in [-0.4, -0.2) is 24.7 Å². The summed E-state index contributed by atoms with van der Waals surface area (Å²) in [6.07, 6.45) is 8.57. The Morgan fingerprint density at radius 3 is 3.20 bits per heavy atom. The van der Waals surface area contributed by atoms with Gasteiger partial charge >= 0.3 is 5.97 Å². The van der Waals surface area contributed by atoms with Crippen LogP contribution in [0.25, 0.3) is 0 Å². The van der Waals surface area contributed by atoms with E-state index < -0.39 is 0 Å². The summed E-state index contributed by atoms with van der Waals surface area (Å²) in [4.78, 5) is 11.3. The van der Waals surface area contributed by atoms with Crippen LogP contribution in [0.4, 0.5) is 0 Å². The second kappa shape index (κ2) is 4.79. The van der Waals surface area contributed by atoms with Crippen molar-refractivity contribution in [1.29, 1.82) is 0 Å². The molecule has 0 aromatic carbocycles. The average Bonchev–Trinajstić information content (AvgIpc) is 2.59. The Kier molecular flexibility index (Phi) is 3.41. The predicted octanol–water partition coefficient (Wildman–Crippen LogP) is 1.64. The standard InChI is InChI=1S/C12H19NO2/c1-2-15-12(14)8-10-7-9-5-3-4-6-11(9)13-10/h4,6,9-11,13H,2-3,5,7-8H2,1H3/t9?,10?,11-/m1/s1. The highest BCUT2D eigenvalue weighted by atomic mass is 16.5. The average molecular weight is 209 g/mol. The summed E-state index contributed by atoms with van der Waals surface area (Å²) < 4.78 is 4.96. The van der Waals surface area contributed by atoms with Gasteiger partial charge in [-0.05, 0) is 32.1 Å². The largest absolute Gasteiger partial charge is 0.466 e. The van der Waals surface area contributed by atoms with E-state index in [4.69, 9.17) is 4.74 Å². The first-order chi connectivity index (χ1) is 7.29. The molecule has 1 aliphatic heterocycles. The maximum atomic E-state index is 11.3. The van der Waals surface area contributed by atoms with Gasteiger partial charge in [0.25, 0.3) is 0 Å². The number of rotatable bonds is 3. The summed E-state index contributed by atoms with van der Waals surface area (Å²) in [5.41, 5.74) is 0. The number of hydrogen-bond donors (Lipinski definition) is 1. The number of carbonyl (C=O) groups excluding carboxylic acids is 1. The molecule has 0 bridgehead atoms. The molecule has 1 aliphatic carbocycles. The molecule has 84 valence electrons. The second-order valence-corrected chi connectivity index (χ2v) is 4.40. The lowest BCUT2D eigenvalue weighted by atomic mass is 9.89. The van der Waals surface area contributed by atoms with Gasteiger partial charge in [-0.1, -0.05) is 12.2 Å². The highest BCUT2D eigenvalue weighted by Gasteiger charge is 2.33. The van der Waals surface area contributed by atoms with Gasteiger partial charge in [0, 0.05) is 12.1 Å². The maximum absolute atomic E-state index is 11.3. The molecule has 15 heavy (non-hydrogen) atoms. The van der Waals surface area contributed by atoms with Crippen LogP contribution in [0.5, 0.6) is 0 Å². The number of allylic oxidation sites excluding steroid dienone is 1. The van der Waals surface area contributed by atoms with Gasteiger partial charge in [-0.25, -0.2) is 0 Å². The molecular formula is C12H19NO2. The van der Waals surface area contributed by atoms with Crippen LogP contribution in [0.15, 0.2) is 12.2 Å². The number of hydrogen-bond acceptors (Lipinski definition) is 3. The van der Waals surface area contributed by atoms with E-state index >= 15 is 0 Å². The van der Waals surface area contributed by atoms with E-state index in [0.29, 0.717) is 25.1 Å². The van der Waals surface area contributed by atoms with Crippen molar-refractivity contribution in [2.24, 2.45) is 5.92 Å². The highest BCUT2D eigenvalue weighted by molar-refractivity contribution is 5.70. The molecule has 3 atom stereocenters. The fraction of sp³-hybridized carbons (Fsp3) is 0.750. The van der Waals surface area contributed by atoms with Crippen LogP contribution < -0.4 is 5.32 Å². The molecule has 1 fully saturated rings. The zero-order valence-electron chi connectivity index (χ0n) is 9.24. The molecule has 1 saturated heterocycles. The van der Waals surface area contributed by atoms with Crippen molar-refractivity contribution in [3.05, 3.63) is 12.2 Å². The van der Waals surface area contributed by atoms with Gasteiger partial charge in [0.1, 0.15) is 0 Å². The molecule has 2 rings (SSSR count). The molecule has 1 N–H and O–H groups in total. The quantitative estimate of drug-likeness (QED) is 0.567. The van der Waals surface area contributed by atoms with Crippen molar-refractivity contribution in [2.45, 2.75) is 44.7 Å². The topological polar surface area (TPSA) is 38.3 Å². The minimum Gasteiger partial charge on any atom is -0.466 e. The predicted molar refractivity (Wildman–Crippen MR) is 58.4 cm³/mol. The molecule has 3 nitrogen and oxygen atoms in total. The van der Waals surface area contributed by atoms with Crippen molar-refractivity contribution in [3.63, 3.8) is 0 Å². The summed E-state index contributed by atoms with van der Waals surface area (Å²) in [5.74, 6) is 0.659. The number of ether oxygens (including phenoxy) is 1. The maximum Gasteiger partial charge on any atom is 0.307 e. The third kappa shape index (κ3) is 2.59. The van der Waals surface area contributed by atoms with Gasteiger partial charge in [-0.15, -0.1) is 0 Å². The van der Waals surface area contributed by atoms with Gasteiger partial charge in [0.15, 0.2) is 0 Å². The zero-order chi connectivity index (χ0) is 10.7. The van der Waals surface area contributed by atoms with Crippen molar-refractivity contribution >= 4 is 5.97 Å². The lowest BCUT2D eigenvalue weighted by Gasteiger charge is -2.18. The Morgan fingerprint density at radius 1 is 1.60 bits per heavy atom. The first kappa shape index (κ1) is 10.7. The third-order valence-electron chi connectivity index (χ3n) is 3.29. The molecule has 2 unspecified atom stereocenters. The smallest absolute Gasteiger partial charge is 0.307 e. The summed E-state index contributed by atoms with van der Waals surface area (Å²) >= 11 is 0. The Labute approximate surface area is 90.9 Å². The first-order valence-corrected chi connectivity index (χ1v) is 5.88. The summed E-state index contributed by atoms with van der Waals surface area (Å²) in [5, 5.41) is 3.49. The van der Waals surface area contributed by atoms with Crippen molar-refractivity contribution in [2.75, 3.05) is 6.61 Å². The molecule has 0 aromatic rings. The molecule has 0 amide bonds. The SMILES string of the molecule is CCOC(=O)CC1CC2CCC=C[C@H]2N1. The van der Waals surface area contributed by atoms with Crippen LogP contribution in [-0.2, 0) is 9.53 Å². The van der Waals surface area contributed by atoms with Crippen molar-refractivity contribution in [1.82, 2.24) is 5.32 Å². The summed E-state index contributed by atoms with van der Waals surface area (Å²) in [6, 6.07) is 0.819. The lowest BCUT2D eigenvalue weighted by Crippen LogP contribution is -2.32. The van der Waals surface area contributed by atoms with Gasteiger partial charge in [-0.2, -0.15) is 0 Å².